The highest BCUT2D eigenvalue weighted by molar-refractivity contribution is 5.72. The Kier molecular flexibility index (Phi) is 8.82. The van der Waals surface area contributed by atoms with E-state index in [1.165, 1.54) is 0 Å². The Balaban J connectivity index is 2.41. The van der Waals surface area contributed by atoms with Crippen molar-refractivity contribution >= 4 is 17.9 Å². The fourth-order valence-electron chi connectivity index (χ4n) is 2.48. The van der Waals surface area contributed by atoms with Crippen molar-refractivity contribution in [3.05, 3.63) is 35.9 Å². The van der Waals surface area contributed by atoms with Gasteiger partial charge in [-0.25, -0.2) is 0 Å². The van der Waals surface area contributed by atoms with Gasteiger partial charge in [-0.15, -0.1) is 0 Å². The molecule has 1 rings (SSSR count). The Bertz CT molecular complexity index is 588. The zero-order valence-electron chi connectivity index (χ0n) is 15.7. The van der Waals surface area contributed by atoms with Crippen molar-refractivity contribution in [2.45, 2.75) is 65.1 Å². The predicted octanol–water partition coefficient (Wildman–Crippen LogP) is 3.72. The molecule has 0 fully saturated rings. The number of ether oxygens (including phenoxy) is 2. The number of aliphatic carboxylic acids is 1. The third kappa shape index (κ3) is 10.5. The van der Waals surface area contributed by atoms with Crippen molar-refractivity contribution in [1.82, 2.24) is 0 Å². The number of carboxylic acid groups (broad SMARTS) is 1. The Hall–Kier alpha value is -2.37. The van der Waals surface area contributed by atoms with Crippen molar-refractivity contribution < 1.29 is 29.0 Å². The summed E-state index contributed by atoms with van der Waals surface area (Å²) in [6.45, 7) is 5.54. The van der Waals surface area contributed by atoms with E-state index in [-0.39, 0.29) is 37.8 Å². The van der Waals surface area contributed by atoms with Crippen molar-refractivity contribution in [3.8, 4) is 0 Å². The summed E-state index contributed by atoms with van der Waals surface area (Å²) in [5.74, 6) is -2.09. The van der Waals surface area contributed by atoms with E-state index >= 15 is 0 Å². The van der Waals surface area contributed by atoms with Gasteiger partial charge in [-0.2, -0.15) is 0 Å². The summed E-state index contributed by atoms with van der Waals surface area (Å²) in [5, 5.41) is 9.02. The lowest BCUT2D eigenvalue weighted by atomic mass is 9.95. The highest BCUT2D eigenvalue weighted by Crippen LogP contribution is 2.19. The molecule has 0 amide bonds. The predicted molar refractivity (Wildman–Crippen MR) is 96.3 cm³/mol. The van der Waals surface area contributed by atoms with Gasteiger partial charge in [0, 0.05) is 19.3 Å². The van der Waals surface area contributed by atoms with Crippen LogP contribution in [0.1, 0.15) is 58.4 Å². The van der Waals surface area contributed by atoms with Gasteiger partial charge in [-0.1, -0.05) is 30.3 Å². The standard InChI is InChI=1S/C20H28O6/c1-20(2,3)26-18(23)11-7-10-16(12-17(21)22)13-19(24)25-14-15-8-5-4-6-9-15/h4-6,8-9,16H,7,10-14H2,1-3H3,(H,21,22)/t16-/m0/s1. The molecule has 1 atom stereocenters. The number of carbonyl (C=O) groups is 3. The zero-order valence-corrected chi connectivity index (χ0v) is 15.7. The molecule has 0 aromatic heterocycles. The van der Waals surface area contributed by atoms with Crippen LogP contribution in [0.5, 0.6) is 0 Å². The Labute approximate surface area is 154 Å². The van der Waals surface area contributed by atoms with Crippen LogP contribution in [0.2, 0.25) is 0 Å². The van der Waals surface area contributed by atoms with Gasteiger partial charge in [0.15, 0.2) is 0 Å². The molecule has 0 aliphatic rings. The van der Waals surface area contributed by atoms with Gasteiger partial charge in [0.2, 0.25) is 0 Å². The van der Waals surface area contributed by atoms with E-state index in [1.807, 2.05) is 30.3 Å². The maximum Gasteiger partial charge on any atom is 0.306 e. The summed E-state index contributed by atoms with van der Waals surface area (Å²) < 4.78 is 10.4. The first-order valence-electron chi connectivity index (χ1n) is 8.79. The number of hydrogen-bond donors (Lipinski definition) is 1. The first-order chi connectivity index (χ1) is 12.2. The second kappa shape index (κ2) is 10.6. The van der Waals surface area contributed by atoms with E-state index in [1.54, 1.807) is 20.8 Å². The topological polar surface area (TPSA) is 89.9 Å². The van der Waals surface area contributed by atoms with Gasteiger partial charge < -0.3 is 14.6 Å². The van der Waals surface area contributed by atoms with Crippen LogP contribution < -0.4 is 0 Å². The fourth-order valence-corrected chi connectivity index (χ4v) is 2.48. The molecule has 0 unspecified atom stereocenters. The molecule has 1 N–H and O–H groups in total. The number of benzene rings is 1. The van der Waals surface area contributed by atoms with E-state index in [0.717, 1.165) is 5.56 Å². The summed E-state index contributed by atoms with van der Waals surface area (Å²) >= 11 is 0. The lowest BCUT2D eigenvalue weighted by Crippen LogP contribution is -2.23. The Morgan fingerprint density at radius 3 is 2.27 bits per heavy atom. The van der Waals surface area contributed by atoms with E-state index in [9.17, 15) is 14.4 Å². The molecule has 26 heavy (non-hydrogen) atoms. The van der Waals surface area contributed by atoms with Crippen LogP contribution >= 0.6 is 0 Å². The lowest BCUT2D eigenvalue weighted by Gasteiger charge is -2.20. The van der Waals surface area contributed by atoms with Crippen molar-refractivity contribution in [2.24, 2.45) is 5.92 Å². The summed E-state index contributed by atoms with van der Waals surface area (Å²) in [7, 11) is 0. The van der Waals surface area contributed by atoms with E-state index < -0.39 is 17.5 Å². The summed E-state index contributed by atoms with van der Waals surface area (Å²) in [6.07, 6.45) is 1.01. The van der Waals surface area contributed by atoms with Crippen LogP contribution in [-0.4, -0.2) is 28.6 Å². The van der Waals surface area contributed by atoms with Gasteiger partial charge in [-0.05, 0) is 45.1 Å². The molecule has 0 aliphatic heterocycles. The van der Waals surface area contributed by atoms with Gasteiger partial charge in [0.1, 0.15) is 12.2 Å². The van der Waals surface area contributed by atoms with Crippen LogP contribution in [0.4, 0.5) is 0 Å². The van der Waals surface area contributed by atoms with Crippen LogP contribution in [-0.2, 0) is 30.5 Å². The molecule has 0 bridgehead atoms. The van der Waals surface area contributed by atoms with E-state index in [4.69, 9.17) is 14.6 Å². The maximum absolute atomic E-state index is 12.0. The zero-order chi connectivity index (χ0) is 19.6. The largest absolute Gasteiger partial charge is 0.481 e. The van der Waals surface area contributed by atoms with Crippen LogP contribution in [0.15, 0.2) is 30.3 Å². The average molecular weight is 364 g/mol. The first-order valence-corrected chi connectivity index (χ1v) is 8.79. The molecule has 6 heteroatoms. The van der Waals surface area contributed by atoms with Crippen LogP contribution in [0, 0.1) is 5.92 Å². The smallest absolute Gasteiger partial charge is 0.306 e. The fraction of sp³-hybridized carbons (Fsp3) is 0.550. The summed E-state index contributed by atoms with van der Waals surface area (Å²) in [4.78, 5) is 34.7. The molecule has 6 nitrogen and oxygen atoms in total. The van der Waals surface area contributed by atoms with Crippen LogP contribution in [0.3, 0.4) is 0 Å². The number of rotatable bonds is 10. The minimum atomic E-state index is -0.969. The Morgan fingerprint density at radius 2 is 1.69 bits per heavy atom. The van der Waals surface area contributed by atoms with Gasteiger partial charge in [0.25, 0.3) is 0 Å². The summed E-state index contributed by atoms with van der Waals surface area (Å²) in [5.41, 5.74) is 0.333. The molecule has 0 radical (unpaired) electrons. The van der Waals surface area contributed by atoms with Crippen molar-refractivity contribution in [3.63, 3.8) is 0 Å². The molecule has 0 aliphatic carbocycles. The van der Waals surface area contributed by atoms with Gasteiger partial charge >= 0.3 is 17.9 Å². The second-order valence-electron chi connectivity index (χ2n) is 7.29. The normalized spacial score (nSPS) is 12.3. The third-order valence-corrected chi connectivity index (χ3v) is 3.57. The second-order valence-corrected chi connectivity index (χ2v) is 7.29. The first kappa shape index (κ1) is 21.7. The SMILES string of the molecule is CC(C)(C)OC(=O)CCC[C@@H](CC(=O)O)CC(=O)OCc1ccccc1. The lowest BCUT2D eigenvalue weighted by molar-refractivity contribution is -0.155. The highest BCUT2D eigenvalue weighted by atomic mass is 16.6. The minimum absolute atomic E-state index is 0.0213. The molecular formula is C20H28O6. The molecule has 1 aromatic rings. The molecule has 0 spiro atoms. The highest BCUT2D eigenvalue weighted by Gasteiger charge is 2.20. The molecule has 0 heterocycles. The quantitative estimate of drug-likeness (QED) is 0.636. The van der Waals surface area contributed by atoms with Gasteiger partial charge in [0.05, 0.1) is 0 Å². The monoisotopic (exact) mass is 364 g/mol. The molecule has 0 saturated heterocycles. The molecule has 1 aromatic carbocycles. The maximum atomic E-state index is 12.0. The van der Waals surface area contributed by atoms with Crippen molar-refractivity contribution in [2.75, 3.05) is 0 Å². The average Bonchev–Trinajstić information content (AvgIpc) is 2.51. The number of carboxylic acids is 1. The number of carbonyl (C=O) groups excluding carboxylic acids is 2. The van der Waals surface area contributed by atoms with Crippen molar-refractivity contribution in [1.29, 1.82) is 0 Å². The molecule has 144 valence electrons. The van der Waals surface area contributed by atoms with E-state index in [2.05, 4.69) is 0 Å². The third-order valence-electron chi connectivity index (χ3n) is 3.57. The Morgan fingerprint density at radius 1 is 1.04 bits per heavy atom. The van der Waals surface area contributed by atoms with E-state index in [0.29, 0.717) is 12.8 Å². The number of esters is 2. The van der Waals surface area contributed by atoms with Crippen LogP contribution in [0.25, 0.3) is 0 Å². The molecular weight excluding hydrogens is 336 g/mol. The van der Waals surface area contributed by atoms with Gasteiger partial charge in [-0.3, -0.25) is 14.4 Å². The summed E-state index contributed by atoms with van der Waals surface area (Å²) in [6, 6.07) is 9.28. The number of hydrogen-bond acceptors (Lipinski definition) is 5. The molecule has 0 saturated carbocycles. The minimum Gasteiger partial charge on any atom is -0.481 e.